The normalized spacial score (nSPS) is 13.0. The Morgan fingerprint density at radius 3 is 2.04 bits per heavy atom. The summed E-state index contributed by atoms with van der Waals surface area (Å²) in [5, 5.41) is 10.8. The molecule has 3 rings (SSSR count). The summed E-state index contributed by atoms with van der Waals surface area (Å²) in [6, 6.07) is 13.0. The quantitative estimate of drug-likeness (QED) is 0.872. The van der Waals surface area contributed by atoms with Gasteiger partial charge in [-0.1, -0.05) is 24.3 Å². The number of hydrogen-bond donors (Lipinski definition) is 1. The fourth-order valence-electron chi connectivity index (χ4n) is 2.52. The van der Waals surface area contributed by atoms with Gasteiger partial charge >= 0.3 is 6.09 Å². The zero-order valence-electron chi connectivity index (χ0n) is 12.8. The van der Waals surface area contributed by atoms with Crippen molar-refractivity contribution in [2.24, 2.45) is 0 Å². The minimum Gasteiger partial charge on any atom is -0.497 e. The lowest BCUT2D eigenvalue weighted by atomic mass is 10.1. The van der Waals surface area contributed by atoms with E-state index >= 15 is 0 Å². The van der Waals surface area contributed by atoms with Crippen molar-refractivity contribution in [3.8, 4) is 5.75 Å². The SMILES string of the molecule is COc1ccc(CN(C(=O)O)N2C(=O)c3ccccc3C2=O)cc1. The average Bonchev–Trinajstić information content (AvgIpc) is 2.85. The summed E-state index contributed by atoms with van der Waals surface area (Å²) in [5.74, 6) is -0.667. The molecule has 122 valence electrons. The lowest BCUT2D eigenvalue weighted by Crippen LogP contribution is -2.48. The van der Waals surface area contributed by atoms with Gasteiger partial charge in [0.05, 0.1) is 24.8 Å². The summed E-state index contributed by atoms with van der Waals surface area (Å²) in [6.07, 6.45) is -1.39. The Labute approximate surface area is 137 Å². The minimum atomic E-state index is -1.39. The second-order valence-electron chi connectivity index (χ2n) is 5.16. The summed E-state index contributed by atoms with van der Waals surface area (Å²) < 4.78 is 5.05. The van der Waals surface area contributed by atoms with Crippen molar-refractivity contribution in [1.82, 2.24) is 10.0 Å². The Hall–Kier alpha value is -3.35. The topological polar surface area (TPSA) is 87.2 Å². The third kappa shape index (κ3) is 2.56. The van der Waals surface area contributed by atoms with E-state index in [-0.39, 0.29) is 17.7 Å². The van der Waals surface area contributed by atoms with Gasteiger partial charge in [-0.15, -0.1) is 0 Å². The maximum Gasteiger partial charge on any atom is 0.427 e. The second kappa shape index (κ2) is 6.04. The first kappa shape index (κ1) is 15.5. The summed E-state index contributed by atoms with van der Waals surface area (Å²) >= 11 is 0. The first-order chi connectivity index (χ1) is 11.5. The van der Waals surface area contributed by atoms with Gasteiger partial charge < -0.3 is 9.84 Å². The largest absolute Gasteiger partial charge is 0.497 e. The van der Waals surface area contributed by atoms with Crippen LogP contribution in [-0.2, 0) is 6.54 Å². The molecule has 1 aliphatic heterocycles. The number of fused-ring (bicyclic) bond motifs is 1. The molecule has 1 N–H and O–H groups in total. The fraction of sp³-hybridized carbons (Fsp3) is 0.118. The molecule has 0 fully saturated rings. The Morgan fingerprint density at radius 1 is 1.04 bits per heavy atom. The number of rotatable bonds is 4. The lowest BCUT2D eigenvalue weighted by molar-refractivity contribution is 0.00326. The molecule has 3 amide bonds. The molecule has 0 bridgehead atoms. The van der Waals surface area contributed by atoms with Crippen LogP contribution in [0.2, 0.25) is 0 Å². The standard InChI is InChI=1S/C17H14N2O5/c1-24-12-8-6-11(7-9-12)10-18(17(22)23)19-15(20)13-4-2-3-5-14(13)16(19)21/h2-9H,10H2,1H3,(H,22,23). The molecule has 1 heterocycles. The van der Waals surface area contributed by atoms with Crippen LogP contribution in [0, 0.1) is 0 Å². The Kier molecular flexibility index (Phi) is 3.91. The number of hydrogen-bond acceptors (Lipinski definition) is 4. The summed E-state index contributed by atoms with van der Waals surface area (Å²) in [7, 11) is 1.53. The van der Waals surface area contributed by atoms with Crippen molar-refractivity contribution >= 4 is 17.9 Å². The summed E-state index contributed by atoms with van der Waals surface area (Å²) in [5.41, 5.74) is 1.02. The van der Waals surface area contributed by atoms with E-state index in [0.29, 0.717) is 21.3 Å². The van der Waals surface area contributed by atoms with E-state index in [1.807, 2.05) is 0 Å². The predicted octanol–water partition coefficient (Wildman–Crippen LogP) is 2.39. The maximum atomic E-state index is 12.4. The van der Waals surface area contributed by atoms with Crippen molar-refractivity contribution in [1.29, 1.82) is 0 Å². The number of amides is 3. The van der Waals surface area contributed by atoms with Gasteiger partial charge in [0.1, 0.15) is 5.75 Å². The second-order valence-corrected chi connectivity index (χ2v) is 5.16. The summed E-state index contributed by atoms with van der Waals surface area (Å²) in [4.78, 5) is 36.5. The highest BCUT2D eigenvalue weighted by molar-refractivity contribution is 6.21. The van der Waals surface area contributed by atoms with Crippen LogP contribution in [-0.4, -0.2) is 40.1 Å². The number of benzene rings is 2. The number of hydrazine groups is 1. The van der Waals surface area contributed by atoms with Crippen LogP contribution in [0.4, 0.5) is 4.79 Å². The highest BCUT2D eigenvalue weighted by atomic mass is 16.5. The molecular formula is C17H14N2O5. The molecule has 7 nitrogen and oxygen atoms in total. The molecule has 0 atom stereocenters. The zero-order chi connectivity index (χ0) is 17.3. The molecule has 0 saturated carbocycles. The molecule has 2 aromatic carbocycles. The predicted molar refractivity (Wildman–Crippen MR) is 83.5 cm³/mol. The van der Waals surface area contributed by atoms with E-state index in [1.54, 1.807) is 36.4 Å². The van der Waals surface area contributed by atoms with Gasteiger partial charge in [-0.05, 0) is 29.8 Å². The fourth-order valence-corrected chi connectivity index (χ4v) is 2.52. The van der Waals surface area contributed by atoms with Crippen LogP contribution in [0.25, 0.3) is 0 Å². The molecule has 0 saturated heterocycles. The zero-order valence-corrected chi connectivity index (χ0v) is 12.8. The number of ether oxygens (including phenoxy) is 1. The third-order valence-electron chi connectivity index (χ3n) is 3.73. The highest BCUT2D eigenvalue weighted by Crippen LogP contribution is 2.25. The number of carboxylic acid groups (broad SMARTS) is 1. The van der Waals surface area contributed by atoms with Crippen LogP contribution in [0.1, 0.15) is 26.3 Å². The Balaban J connectivity index is 1.90. The lowest BCUT2D eigenvalue weighted by Gasteiger charge is -2.27. The summed E-state index contributed by atoms with van der Waals surface area (Å²) in [6.45, 7) is -0.134. The maximum absolute atomic E-state index is 12.4. The molecular weight excluding hydrogens is 312 g/mol. The van der Waals surface area contributed by atoms with E-state index in [4.69, 9.17) is 4.74 Å². The van der Waals surface area contributed by atoms with Crippen LogP contribution in [0.3, 0.4) is 0 Å². The molecule has 0 unspecified atom stereocenters. The number of nitrogens with zero attached hydrogens (tertiary/aromatic N) is 2. The first-order valence-corrected chi connectivity index (χ1v) is 7.14. The molecule has 0 radical (unpaired) electrons. The number of carbonyl (C=O) groups is 3. The van der Waals surface area contributed by atoms with Gasteiger partial charge in [0.15, 0.2) is 0 Å². The highest BCUT2D eigenvalue weighted by Gasteiger charge is 2.41. The molecule has 0 aromatic heterocycles. The first-order valence-electron chi connectivity index (χ1n) is 7.14. The molecule has 1 aliphatic rings. The van der Waals surface area contributed by atoms with Gasteiger partial charge in [-0.3, -0.25) is 9.59 Å². The molecule has 24 heavy (non-hydrogen) atoms. The number of carbonyl (C=O) groups excluding carboxylic acids is 2. The molecule has 0 aliphatic carbocycles. The molecule has 2 aromatic rings. The smallest absolute Gasteiger partial charge is 0.427 e. The van der Waals surface area contributed by atoms with Gasteiger partial charge in [0.2, 0.25) is 0 Å². The Bertz CT molecular complexity index is 781. The number of methoxy groups -OCH3 is 1. The average molecular weight is 326 g/mol. The minimum absolute atomic E-state index is 0.134. The van der Waals surface area contributed by atoms with Crippen molar-refractivity contribution < 1.29 is 24.2 Å². The van der Waals surface area contributed by atoms with Crippen molar-refractivity contribution in [3.05, 3.63) is 65.2 Å². The van der Waals surface area contributed by atoms with E-state index in [1.165, 1.54) is 19.2 Å². The number of imide groups is 1. The van der Waals surface area contributed by atoms with Crippen molar-refractivity contribution in [3.63, 3.8) is 0 Å². The third-order valence-corrected chi connectivity index (χ3v) is 3.73. The van der Waals surface area contributed by atoms with Crippen molar-refractivity contribution in [2.45, 2.75) is 6.54 Å². The van der Waals surface area contributed by atoms with Crippen LogP contribution in [0.15, 0.2) is 48.5 Å². The van der Waals surface area contributed by atoms with Crippen LogP contribution < -0.4 is 4.74 Å². The van der Waals surface area contributed by atoms with E-state index in [0.717, 1.165) is 0 Å². The van der Waals surface area contributed by atoms with E-state index in [9.17, 15) is 19.5 Å². The van der Waals surface area contributed by atoms with Gasteiger partial charge in [-0.2, -0.15) is 5.01 Å². The van der Waals surface area contributed by atoms with E-state index in [2.05, 4.69) is 0 Å². The van der Waals surface area contributed by atoms with Crippen molar-refractivity contribution in [2.75, 3.05) is 7.11 Å². The van der Waals surface area contributed by atoms with E-state index < -0.39 is 17.9 Å². The van der Waals surface area contributed by atoms with Gasteiger partial charge in [0.25, 0.3) is 11.8 Å². The van der Waals surface area contributed by atoms with Gasteiger partial charge in [0, 0.05) is 0 Å². The Morgan fingerprint density at radius 2 is 1.58 bits per heavy atom. The molecule has 0 spiro atoms. The monoisotopic (exact) mass is 326 g/mol. The van der Waals surface area contributed by atoms with Crippen LogP contribution >= 0.6 is 0 Å². The van der Waals surface area contributed by atoms with Gasteiger partial charge in [-0.25, -0.2) is 9.80 Å². The molecule has 7 heteroatoms. The van der Waals surface area contributed by atoms with Crippen LogP contribution in [0.5, 0.6) is 5.75 Å².